The van der Waals surface area contributed by atoms with E-state index in [1.807, 2.05) is 20.8 Å². The largest absolute Gasteiger partial charge is 0.370 e. The molecule has 0 spiro atoms. The number of nitrogens with zero attached hydrogens (tertiary/aromatic N) is 2. The molecule has 0 fully saturated rings. The number of pyridine rings is 1. The predicted molar refractivity (Wildman–Crippen MR) is 70.7 cm³/mol. The lowest BCUT2D eigenvalue weighted by molar-refractivity contribution is 0.0773. The van der Waals surface area contributed by atoms with Gasteiger partial charge in [-0.2, -0.15) is 0 Å². The number of rotatable bonds is 5. The van der Waals surface area contributed by atoms with E-state index >= 15 is 0 Å². The van der Waals surface area contributed by atoms with Crippen LogP contribution in [-0.2, 0) is 0 Å². The molecule has 5 heteroatoms. The van der Waals surface area contributed by atoms with Crippen molar-refractivity contribution in [3.63, 3.8) is 0 Å². The van der Waals surface area contributed by atoms with Crippen molar-refractivity contribution in [1.82, 2.24) is 9.88 Å². The van der Waals surface area contributed by atoms with Crippen LogP contribution >= 0.6 is 11.6 Å². The second-order valence-corrected chi connectivity index (χ2v) is 3.96. The molecule has 0 radical (unpaired) electrons. The molecule has 0 aliphatic heterocycles. The van der Waals surface area contributed by atoms with E-state index in [0.717, 1.165) is 6.54 Å². The number of nitrogens with one attached hydrogen (secondary N) is 1. The average Bonchev–Trinajstić information content (AvgIpc) is 2.30. The minimum absolute atomic E-state index is 0.0153. The number of hydrogen-bond donors (Lipinski definition) is 1. The highest BCUT2D eigenvalue weighted by Crippen LogP contribution is 2.16. The summed E-state index contributed by atoms with van der Waals surface area (Å²) in [6.07, 6.45) is 0. The lowest BCUT2D eigenvalue weighted by Gasteiger charge is -2.19. The molecular weight excluding hydrogens is 238 g/mol. The van der Waals surface area contributed by atoms with Crippen LogP contribution in [-0.4, -0.2) is 35.4 Å². The highest BCUT2D eigenvalue weighted by Gasteiger charge is 2.14. The third-order valence-corrected chi connectivity index (χ3v) is 2.64. The summed E-state index contributed by atoms with van der Waals surface area (Å²) in [7, 11) is 0. The molecule has 0 unspecified atom stereocenters. The first kappa shape index (κ1) is 13.8. The van der Waals surface area contributed by atoms with E-state index in [9.17, 15) is 4.79 Å². The average molecular weight is 256 g/mol. The zero-order valence-corrected chi connectivity index (χ0v) is 11.2. The van der Waals surface area contributed by atoms with Crippen molar-refractivity contribution in [1.29, 1.82) is 0 Å². The number of anilines is 1. The molecule has 1 N–H and O–H groups in total. The van der Waals surface area contributed by atoms with Crippen LogP contribution in [0.5, 0.6) is 0 Å². The third kappa shape index (κ3) is 3.60. The van der Waals surface area contributed by atoms with Gasteiger partial charge in [0, 0.05) is 25.2 Å². The minimum Gasteiger partial charge on any atom is -0.370 e. The first-order valence-corrected chi connectivity index (χ1v) is 6.20. The molecule has 0 atom stereocenters. The topological polar surface area (TPSA) is 45.2 Å². The van der Waals surface area contributed by atoms with Crippen molar-refractivity contribution in [2.45, 2.75) is 20.8 Å². The van der Waals surface area contributed by atoms with Gasteiger partial charge in [-0.25, -0.2) is 4.98 Å². The van der Waals surface area contributed by atoms with Crippen LogP contribution in [0, 0.1) is 0 Å². The monoisotopic (exact) mass is 255 g/mol. The third-order valence-electron chi connectivity index (χ3n) is 2.45. The van der Waals surface area contributed by atoms with E-state index in [0.29, 0.717) is 29.6 Å². The Balaban J connectivity index is 3.00. The molecule has 1 aromatic rings. The molecular formula is C12H18ClN3O. The van der Waals surface area contributed by atoms with Crippen LogP contribution < -0.4 is 5.32 Å². The molecule has 17 heavy (non-hydrogen) atoms. The lowest BCUT2D eigenvalue weighted by Crippen LogP contribution is -2.30. The van der Waals surface area contributed by atoms with Gasteiger partial charge in [0.25, 0.3) is 5.91 Å². The standard InChI is InChI=1S/C12H18ClN3O/c1-4-14-11-8-9(7-10(13)15-11)12(17)16(5-2)6-3/h7-8H,4-6H2,1-3H3,(H,14,15). The van der Waals surface area contributed by atoms with Crippen LogP contribution in [0.25, 0.3) is 0 Å². The molecule has 94 valence electrons. The second-order valence-electron chi connectivity index (χ2n) is 3.57. The minimum atomic E-state index is -0.0153. The van der Waals surface area contributed by atoms with Crippen LogP contribution in [0.15, 0.2) is 12.1 Å². The van der Waals surface area contributed by atoms with Gasteiger partial charge in [0.15, 0.2) is 0 Å². The van der Waals surface area contributed by atoms with Gasteiger partial charge < -0.3 is 10.2 Å². The van der Waals surface area contributed by atoms with Gasteiger partial charge in [0.2, 0.25) is 0 Å². The number of carbonyl (C=O) groups excluding carboxylic acids is 1. The van der Waals surface area contributed by atoms with E-state index in [-0.39, 0.29) is 5.91 Å². The number of amides is 1. The zero-order chi connectivity index (χ0) is 12.8. The SMILES string of the molecule is CCNc1cc(C(=O)N(CC)CC)cc(Cl)n1. The number of halogens is 1. The molecule has 0 aliphatic carbocycles. The Morgan fingerprint density at radius 1 is 1.35 bits per heavy atom. The van der Waals surface area contributed by atoms with E-state index in [2.05, 4.69) is 10.3 Å². The summed E-state index contributed by atoms with van der Waals surface area (Å²) in [4.78, 5) is 18.0. The Morgan fingerprint density at radius 2 is 2.00 bits per heavy atom. The van der Waals surface area contributed by atoms with Gasteiger partial charge in [-0.3, -0.25) is 4.79 Å². The summed E-state index contributed by atoms with van der Waals surface area (Å²) in [6.45, 7) is 7.99. The van der Waals surface area contributed by atoms with Gasteiger partial charge in [-0.1, -0.05) is 11.6 Å². The molecule has 1 rings (SSSR count). The predicted octanol–water partition coefficient (Wildman–Crippen LogP) is 2.65. The molecule has 1 heterocycles. The molecule has 0 saturated carbocycles. The second kappa shape index (κ2) is 6.45. The quantitative estimate of drug-likeness (QED) is 0.823. The van der Waals surface area contributed by atoms with Crippen LogP contribution in [0.1, 0.15) is 31.1 Å². The van der Waals surface area contributed by atoms with Gasteiger partial charge in [0.1, 0.15) is 11.0 Å². The molecule has 1 amide bonds. The van der Waals surface area contributed by atoms with E-state index < -0.39 is 0 Å². The summed E-state index contributed by atoms with van der Waals surface area (Å²) in [5.41, 5.74) is 0.574. The summed E-state index contributed by atoms with van der Waals surface area (Å²) in [5, 5.41) is 3.38. The number of hydrogen-bond acceptors (Lipinski definition) is 3. The van der Waals surface area contributed by atoms with Crippen LogP contribution in [0.3, 0.4) is 0 Å². The van der Waals surface area contributed by atoms with Crippen molar-refractivity contribution < 1.29 is 4.79 Å². The normalized spacial score (nSPS) is 10.1. The van der Waals surface area contributed by atoms with Crippen LogP contribution in [0.2, 0.25) is 5.15 Å². The molecule has 4 nitrogen and oxygen atoms in total. The van der Waals surface area contributed by atoms with E-state index in [4.69, 9.17) is 11.6 Å². The molecule has 0 aromatic carbocycles. The number of aromatic nitrogens is 1. The zero-order valence-electron chi connectivity index (χ0n) is 10.5. The highest BCUT2D eigenvalue weighted by atomic mass is 35.5. The fourth-order valence-corrected chi connectivity index (χ4v) is 1.79. The van der Waals surface area contributed by atoms with E-state index in [1.165, 1.54) is 0 Å². The molecule has 0 saturated heterocycles. The first-order valence-electron chi connectivity index (χ1n) is 5.83. The Hall–Kier alpha value is -1.29. The molecule has 1 aromatic heterocycles. The van der Waals surface area contributed by atoms with E-state index in [1.54, 1.807) is 17.0 Å². The summed E-state index contributed by atoms with van der Waals surface area (Å²) in [6, 6.07) is 3.33. The summed E-state index contributed by atoms with van der Waals surface area (Å²) in [5.74, 6) is 0.619. The lowest BCUT2D eigenvalue weighted by atomic mass is 10.2. The highest BCUT2D eigenvalue weighted by molar-refractivity contribution is 6.29. The maximum atomic E-state index is 12.1. The maximum absolute atomic E-state index is 12.1. The maximum Gasteiger partial charge on any atom is 0.254 e. The summed E-state index contributed by atoms with van der Waals surface area (Å²) >= 11 is 5.90. The van der Waals surface area contributed by atoms with Crippen molar-refractivity contribution in [3.8, 4) is 0 Å². The van der Waals surface area contributed by atoms with Crippen molar-refractivity contribution >= 4 is 23.3 Å². The Morgan fingerprint density at radius 3 is 2.53 bits per heavy atom. The van der Waals surface area contributed by atoms with Gasteiger partial charge in [0.05, 0.1) is 0 Å². The van der Waals surface area contributed by atoms with Gasteiger partial charge >= 0.3 is 0 Å². The van der Waals surface area contributed by atoms with Crippen LogP contribution in [0.4, 0.5) is 5.82 Å². The molecule has 0 bridgehead atoms. The van der Waals surface area contributed by atoms with Gasteiger partial charge in [-0.15, -0.1) is 0 Å². The first-order chi connectivity index (χ1) is 8.12. The van der Waals surface area contributed by atoms with Crippen molar-refractivity contribution in [2.75, 3.05) is 25.0 Å². The summed E-state index contributed by atoms with van der Waals surface area (Å²) < 4.78 is 0. The fraction of sp³-hybridized carbons (Fsp3) is 0.500. The smallest absolute Gasteiger partial charge is 0.254 e. The molecule has 0 aliphatic rings. The number of carbonyl (C=O) groups is 1. The Kier molecular flexibility index (Phi) is 5.22. The Bertz CT molecular complexity index is 391. The fourth-order valence-electron chi connectivity index (χ4n) is 1.59. The van der Waals surface area contributed by atoms with Gasteiger partial charge in [-0.05, 0) is 32.9 Å². The van der Waals surface area contributed by atoms with Crippen molar-refractivity contribution in [3.05, 3.63) is 22.8 Å². The van der Waals surface area contributed by atoms with Crippen molar-refractivity contribution in [2.24, 2.45) is 0 Å². The Labute approximate surface area is 107 Å².